The van der Waals surface area contributed by atoms with Crippen molar-refractivity contribution in [2.45, 2.75) is 25.5 Å². The highest BCUT2D eigenvalue weighted by Crippen LogP contribution is 2.20. The zero-order valence-corrected chi connectivity index (χ0v) is 10.5. The Morgan fingerprint density at radius 3 is 2.00 bits per heavy atom. The van der Waals surface area contributed by atoms with Crippen LogP contribution in [0.5, 0.6) is 0 Å². The average Bonchev–Trinajstić information content (AvgIpc) is 2.06. The fraction of sp³-hybridized carbons (Fsp3) is 0.400. The Bertz CT molecular complexity index is 431. The molecular formula is C10H14ClNO2S. The Balaban J connectivity index is 2.93. The van der Waals surface area contributed by atoms with E-state index in [-0.39, 0.29) is 0 Å². The van der Waals surface area contributed by atoms with Crippen molar-refractivity contribution in [3.05, 3.63) is 29.3 Å². The first-order valence-electron chi connectivity index (χ1n) is 4.50. The van der Waals surface area contributed by atoms with Crippen molar-refractivity contribution < 1.29 is 8.42 Å². The molecule has 0 amide bonds. The van der Waals surface area contributed by atoms with E-state index in [1.54, 1.807) is 45.0 Å². The van der Waals surface area contributed by atoms with E-state index in [4.69, 9.17) is 11.6 Å². The van der Waals surface area contributed by atoms with E-state index in [1.807, 2.05) is 0 Å². The summed E-state index contributed by atoms with van der Waals surface area (Å²) >= 11 is 5.70. The molecule has 0 aliphatic heterocycles. The first-order valence-corrected chi connectivity index (χ1v) is 6.36. The van der Waals surface area contributed by atoms with Crippen LogP contribution in [0.2, 0.25) is 5.02 Å². The zero-order valence-electron chi connectivity index (χ0n) is 8.91. The molecule has 5 heteroatoms. The lowest BCUT2D eigenvalue weighted by molar-refractivity contribution is 0.566. The number of anilines is 1. The van der Waals surface area contributed by atoms with Gasteiger partial charge in [-0.05, 0) is 45.0 Å². The molecule has 0 aliphatic carbocycles. The van der Waals surface area contributed by atoms with Gasteiger partial charge in [0.15, 0.2) is 0 Å². The predicted molar refractivity (Wildman–Crippen MR) is 63.7 cm³/mol. The van der Waals surface area contributed by atoms with Crippen molar-refractivity contribution in [3.63, 3.8) is 0 Å². The van der Waals surface area contributed by atoms with Crippen LogP contribution in [0.25, 0.3) is 0 Å². The molecule has 1 rings (SSSR count). The molecule has 3 nitrogen and oxygen atoms in total. The maximum absolute atomic E-state index is 11.8. The Hall–Kier alpha value is -0.740. The zero-order chi connectivity index (χ0) is 11.7. The molecule has 0 radical (unpaired) electrons. The van der Waals surface area contributed by atoms with Gasteiger partial charge in [0.25, 0.3) is 0 Å². The average molecular weight is 248 g/mol. The summed E-state index contributed by atoms with van der Waals surface area (Å²) in [6.45, 7) is 4.93. The molecule has 1 aromatic rings. The fourth-order valence-electron chi connectivity index (χ4n) is 0.826. The topological polar surface area (TPSA) is 46.2 Å². The van der Waals surface area contributed by atoms with E-state index in [9.17, 15) is 8.42 Å². The third-order valence-corrected chi connectivity index (χ3v) is 4.27. The largest absolute Gasteiger partial charge is 0.283 e. The van der Waals surface area contributed by atoms with Crippen LogP contribution in [-0.2, 0) is 10.0 Å². The number of rotatable bonds is 2. The van der Waals surface area contributed by atoms with Crippen LogP contribution in [-0.4, -0.2) is 13.2 Å². The predicted octanol–water partition coefficient (Wildman–Crippen LogP) is 2.88. The van der Waals surface area contributed by atoms with Crippen LogP contribution in [0.3, 0.4) is 0 Å². The van der Waals surface area contributed by atoms with Crippen molar-refractivity contribution in [2.75, 3.05) is 4.72 Å². The van der Waals surface area contributed by atoms with Gasteiger partial charge in [0.05, 0.1) is 4.75 Å². The summed E-state index contributed by atoms with van der Waals surface area (Å²) in [6, 6.07) is 6.54. The van der Waals surface area contributed by atoms with Crippen molar-refractivity contribution in [1.82, 2.24) is 0 Å². The van der Waals surface area contributed by atoms with Gasteiger partial charge in [0.1, 0.15) is 0 Å². The van der Waals surface area contributed by atoms with Gasteiger partial charge >= 0.3 is 0 Å². The molecule has 0 unspecified atom stereocenters. The molecule has 0 bridgehead atoms. The minimum atomic E-state index is -3.36. The van der Waals surface area contributed by atoms with E-state index in [1.165, 1.54) is 0 Å². The van der Waals surface area contributed by atoms with Gasteiger partial charge in [0.2, 0.25) is 10.0 Å². The molecular weight excluding hydrogens is 234 g/mol. The standard InChI is InChI=1S/C10H14ClNO2S/c1-10(2,3)15(13,14)12-9-6-4-8(11)5-7-9/h4-7,12H,1-3H3. The molecule has 0 heterocycles. The van der Waals surface area contributed by atoms with Crippen LogP contribution < -0.4 is 4.72 Å². The lowest BCUT2D eigenvalue weighted by atomic mass is 10.3. The lowest BCUT2D eigenvalue weighted by Crippen LogP contribution is -2.33. The van der Waals surface area contributed by atoms with Crippen molar-refractivity contribution in [1.29, 1.82) is 0 Å². The summed E-state index contributed by atoms with van der Waals surface area (Å²) in [5, 5.41) is 0.578. The smallest absolute Gasteiger partial charge is 0.237 e. The molecule has 84 valence electrons. The fourth-order valence-corrected chi connectivity index (χ4v) is 1.70. The van der Waals surface area contributed by atoms with E-state index in [0.29, 0.717) is 10.7 Å². The third kappa shape index (κ3) is 3.11. The van der Waals surface area contributed by atoms with E-state index < -0.39 is 14.8 Å². The SMILES string of the molecule is CC(C)(C)S(=O)(=O)Nc1ccc(Cl)cc1. The summed E-state index contributed by atoms with van der Waals surface area (Å²) in [5.74, 6) is 0. The van der Waals surface area contributed by atoms with E-state index in [0.717, 1.165) is 0 Å². The molecule has 0 spiro atoms. The number of benzene rings is 1. The first kappa shape index (κ1) is 12.3. The van der Waals surface area contributed by atoms with Gasteiger partial charge in [-0.15, -0.1) is 0 Å². The van der Waals surface area contributed by atoms with Crippen molar-refractivity contribution in [2.24, 2.45) is 0 Å². The highest BCUT2D eigenvalue weighted by molar-refractivity contribution is 7.94. The highest BCUT2D eigenvalue weighted by atomic mass is 35.5. The van der Waals surface area contributed by atoms with Crippen molar-refractivity contribution in [3.8, 4) is 0 Å². The Labute approximate surface area is 95.5 Å². The number of hydrogen-bond donors (Lipinski definition) is 1. The second kappa shape index (κ2) is 4.02. The quantitative estimate of drug-likeness (QED) is 0.874. The van der Waals surface area contributed by atoms with Gasteiger partial charge in [-0.1, -0.05) is 11.6 Å². The second-order valence-electron chi connectivity index (χ2n) is 4.22. The molecule has 0 aromatic heterocycles. The molecule has 0 saturated carbocycles. The van der Waals surface area contributed by atoms with Crippen LogP contribution in [0, 0.1) is 0 Å². The van der Waals surface area contributed by atoms with Crippen LogP contribution in [0.4, 0.5) is 5.69 Å². The van der Waals surface area contributed by atoms with Crippen LogP contribution in [0.15, 0.2) is 24.3 Å². The molecule has 0 aliphatic rings. The number of nitrogens with one attached hydrogen (secondary N) is 1. The third-order valence-electron chi connectivity index (χ3n) is 1.90. The Kier molecular flexibility index (Phi) is 3.31. The molecule has 0 fully saturated rings. The first-order chi connectivity index (χ1) is 6.72. The maximum Gasteiger partial charge on any atom is 0.237 e. The Morgan fingerprint density at radius 1 is 1.13 bits per heavy atom. The molecule has 0 saturated heterocycles. The second-order valence-corrected chi connectivity index (χ2v) is 7.10. The van der Waals surface area contributed by atoms with Gasteiger partial charge in [0, 0.05) is 10.7 Å². The molecule has 1 N–H and O–H groups in total. The summed E-state index contributed by atoms with van der Waals surface area (Å²) in [7, 11) is -3.36. The molecule has 15 heavy (non-hydrogen) atoms. The van der Waals surface area contributed by atoms with Crippen LogP contribution in [0.1, 0.15) is 20.8 Å². The van der Waals surface area contributed by atoms with Gasteiger partial charge in [-0.25, -0.2) is 8.42 Å². The molecule has 0 atom stereocenters. The highest BCUT2D eigenvalue weighted by Gasteiger charge is 2.28. The van der Waals surface area contributed by atoms with Gasteiger partial charge in [-0.2, -0.15) is 0 Å². The van der Waals surface area contributed by atoms with E-state index >= 15 is 0 Å². The normalized spacial score (nSPS) is 12.5. The lowest BCUT2D eigenvalue weighted by Gasteiger charge is -2.20. The van der Waals surface area contributed by atoms with Crippen molar-refractivity contribution >= 4 is 27.3 Å². The number of halogens is 1. The van der Waals surface area contributed by atoms with Gasteiger partial charge < -0.3 is 0 Å². The molecule has 1 aromatic carbocycles. The summed E-state index contributed by atoms with van der Waals surface area (Å²) < 4.78 is 25.2. The minimum Gasteiger partial charge on any atom is -0.283 e. The summed E-state index contributed by atoms with van der Waals surface area (Å²) in [6.07, 6.45) is 0. The van der Waals surface area contributed by atoms with Crippen LogP contribution >= 0.6 is 11.6 Å². The monoisotopic (exact) mass is 247 g/mol. The van der Waals surface area contributed by atoms with Gasteiger partial charge in [-0.3, -0.25) is 4.72 Å². The minimum absolute atomic E-state index is 0.523. The summed E-state index contributed by atoms with van der Waals surface area (Å²) in [5.41, 5.74) is 0.523. The number of sulfonamides is 1. The maximum atomic E-state index is 11.8. The number of hydrogen-bond acceptors (Lipinski definition) is 2. The summed E-state index contributed by atoms with van der Waals surface area (Å²) in [4.78, 5) is 0. The van der Waals surface area contributed by atoms with E-state index in [2.05, 4.69) is 4.72 Å². The Morgan fingerprint density at radius 2 is 1.60 bits per heavy atom.